The molecular weight excluding hydrogens is 331 g/mol. The first-order valence-corrected chi connectivity index (χ1v) is 8.19. The quantitative estimate of drug-likeness (QED) is 0.685. The number of hydrogen-bond acceptors (Lipinski definition) is 3. The number of fused-ring (bicyclic) bond motifs is 1. The van der Waals surface area contributed by atoms with Crippen molar-refractivity contribution < 1.29 is 9.47 Å². The Morgan fingerprint density at radius 3 is 2.24 bits per heavy atom. The van der Waals surface area contributed by atoms with E-state index in [1.807, 2.05) is 36.4 Å². The Morgan fingerprint density at radius 2 is 1.57 bits per heavy atom. The van der Waals surface area contributed by atoms with Gasteiger partial charge in [0.1, 0.15) is 0 Å². The molecule has 0 aliphatic rings. The molecule has 3 nitrogen and oxygen atoms in total. The van der Waals surface area contributed by atoms with Crippen molar-refractivity contribution in [3.05, 3.63) is 58.8 Å². The fourth-order valence-electron chi connectivity index (χ4n) is 2.23. The van der Waals surface area contributed by atoms with Crippen molar-refractivity contribution in [1.29, 1.82) is 0 Å². The molecule has 0 fully saturated rings. The number of benzene rings is 2. The molecule has 0 radical (unpaired) electrons. The number of methoxy groups -OCH3 is 2. The number of ether oxygens (including phenoxy) is 2. The molecule has 0 saturated heterocycles. The van der Waals surface area contributed by atoms with Crippen LogP contribution in [0.15, 0.2) is 53.3 Å². The Labute approximate surface area is 128 Å². The molecule has 3 aromatic rings. The summed E-state index contributed by atoms with van der Waals surface area (Å²) in [6, 6.07) is 15.5. The summed E-state index contributed by atoms with van der Waals surface area (Å²) in [5.41, 5.74) is 1.13. The van der Waals surface area contributed by atoms with Gasteiger partial charge < -0.3 is 0 Å². The van der Waals surface area contributed by atoms with Gasteiger partial charge in [0.2, 0.25) is 0 Å². The molecule has 106 valence electrons. The van der Waals surface area contributed by atoms with Gasteiger partial charge >= 0.3 is 128 Å². The Kier molecular flexibility index (Phi) is 3.82. The molecule has 0 bridgehead atoms. The second-order valence-electron chi connectivity index (χ2n) is 4.54. The molecule has 0 atom stereocenters. The zero-order valence-corrected chi connectivity index (χ0v) is 13.5. The molecule has 21 heavy (non-hydrogen) atoms. The van der Waals surface area contributed by atoms with Crippen LogP contribution in [0.4, 0.5) is 0 Å². The predicted molar refractivity (Wildman–Crippen MR) is 85.7 cm³/mol. The van der Waals surface area contributed by atoms with Crippen LogP contribution < -0.4 is 14.9 Å². The first-order chi connectivity index (χ1) is 10.2. The zero-order chi connectivity index (χ0) is 14.8. The van der Waals surface area contributed by atoms with Gasteiger partial charge in [0.25, 0.3) is 0 Å². The Hall–Kier alpha value is -2.03. The van der Waals surface area contributed by atoms with Gasteiger partial charge in [0.15, 0.2) is 0 Å². The fourth-order valence-corrected chi connectivity index (χ4v) is 4.52. The Morgan fingerprint density at radius 1 is 0.905 bits per heavy atom. The minimum absolute atomic E-state index is 0.0259. The Bertz CT molecular complexity index is 838. The van der Waals surface area contributed by atoms with E-state index in [0.29, 0.717) is 16.9 Å². The van der Waals surface area contributed by atoms with Crippen molar-refractivity contribution in [2.45, 2.75) is 0 Å². The molecule has 0 amide bonds. The van der Waals surface area contributed by atoms with Crippen molar-refractivity contribution in [1.82, 2.24) is 0 Å². The molecule has 0 aliphatic heterocycles. The van der Waals surface area contributed by atoms with Crippen LogP contribution in [0.2, 0.25) is 0 Å². The molecule has 0 spiro atoms. The van der Waals surface area contributed by atoms with Gasteiger partial charge in [-0.3, -0.25) is 0 Å². The summed E-state index contributed by atoms with van der Waals surface area (Å²) < 4.78 is 12.7. The van der Waals surface area contributed by atoms with Crippen LogP contribution in [-0.4, -0.2) is 28.7 Å². The molecule has 0 N–H and O–H groups in total. The average Bonchev–Trinajstić information content (AvgIpc) is 2.54. The van der Waals surface area contributed by atoms with E-state index in [-0.39, 0.29) is 19.9 Å². The second kappa shape index (κ2) is 5.76. The molecule has 0 unspecified atom stereocenters. The van der Waals surface area contributed by atoms with E-state index in [2.05, 4.69) is 0 Å². The number of hydrogen-bond donors (Lipinski definition) is 0. The van der Waals surface area contributed by atoms with Gasteiger partial charge in [-0.15, -0.1) is 0 Å². The molecule has 0 saturated carbocycles. The van der Waals surface area contributed by atoms with Crippen LogP contribution in [0, 0.1) is 0 Å². The van der Waals surface area contributed by atoms with Gasteiger partial charge in [-0.1, -0.05) is 0 Å². The van der Waals surface area contributed by atoms with Crippen LogP contribution in [-0.2, 0) is 0 Å². The molecule has 0 aliphatic carbocycles. The summed E-state index contributed by atoms with van der Waals surface area (Å²) >= 11 is 0.0736. The van der Waals surface area contributed by atoms with Crippen molar-refractivity contribution in [3.8, 4) is 21.5 Å². The summed E-state index contributed by atoms with van der Waals surface area (Å²) in [6.45, 7) is 0. The number of rotatable bonds is 3. The van der Waals surface area contributed by atoms with E-state index >= 15 is 0 Å². The summed E-state index contributed by atoms with van der Waals surface area (Å²) in [4.78, 5) is 12.4. The monoisotopic (exact) mass is 346 g/mol. The van der Waals surface area contributed by atoms with Gasteiger partial charge in [-0.05, 0) is 0 Å². The van der Waals surface area contributed by atoms with Gasteiger partial charge in [0.05, 0.1) is 0 Å². The van der Waals surface area contributed by atoms with Crippen LogP contribution in [0.5, 0.6) is 11.5 Å². The molecular formula is C17H14O3Se. The summed E-state index contributed by atoms with van der Waals surface area (Å²) in [6.07, 6.45) is 0. The predicted octanol–water partition coefficient (Wildman–Crippen LogP) is 2.94. The molecule has 4 heteroatoms. The van der Waals surface area contributed by atoms with E-state index in [1.165, 1.54) is 0 Å². The minimum atomic E-state index is 0.0259. The van der Waals surface area contributed by atoms with Crippen LogP contribution in [0.3, 0.4) is 0 Å². The third-order valence-corrected chi connectivity index (χ3v) is 5.66. The summed E-state index contributed by atoms with van der Waals surface area (Å²) in [5, 5.41) is 0.715. The fraction of sp³-hybridized carbons (Fsp3) is 0.118. The summed E-state index contributed by atoms with van der Waals surface area (Å²) in [5.74, 6) is 1.26. The molecule has 1 heterocycles. The third-order valence-electron chi connectivity index (χ3n) is 3.29. The van der Waals surface area contributed by atoms with Gasteiger partial charge in [-0.2, -0.15) is 0 Å². The van der Waals surface area contributed by atoms with Gasteiger partial charge in [0, 0.05) is 0 Å². The first-order valence-electron chi connectivity index (χ1n) is 6.48. The van der Waals surface area contributed by atoms with Crippen LogP contribution in [0.25, 0.3) is 19.6 Å². The van der Waals surface area contributed by atoms with Crippen molar-refractivity contribution in [2.75, 3.05) is 14.2 Å². The van der Waals surface area contributed by atoms with E-state index < -0.39 is 0 Å². The van der Waals surface area contributed by atoms with Crippen molar-refractivity contribution in [3.63, 3.8) is 0 Å². The topological polar surface area (TPSA) is 35.5 Å². The zero-order valence-electron chi connectivity index (χ0n) is 11.8. The van der Waals surface area contributed by atoms with Crippen molar-refractivity contribution in [2.24, 2.45) is 0 Å². The SMILES string of the molecule is COc1cc2[se]c(-c3ccccc3)cc(=O)c2cc1OC. The molecule has 2 aromatic carbocycles. The maximum absolute atomic E-state index is 12.4. The normalized spacial score (nSPS) is 10.6. The van der Waals surface area contributed by atoms with Crippen LogP contribution in [0.1, 0.15) is 0 Å². The van der Waals surface area contributed by atoms with E-state index in [0.717, 1.165) is 14.3 Å². The van der Waals surface area contributed by atoms with Crippen molar-refractivity contribution >= 4 is 24.1 Å². The van der Waals surface area contributed by atoms with E-state index in [9.17, 15) is 4.79 Å². The molecule has 1 aromatic heterocycles. The molecule has 3 rings (SSSR count). The maximum atomic E-state index is 12.4. The average molecular weight is 345 g/mol. The van der Waals surface area contributed by atoms with E-state index in [1.54, 1.807) is 26.4 Å². The van der Waals surface area contributed by atoms with Crippen LogP contribution >= 0.6 is 0 Å². The second-order valence-corrected chi connectivity index (χ2v) is 6.82. The van der Waals surface area contributed by atoms with Gasteiger partial charge in [-0.25, -0.2) is 0 Å². The first kappa shape index (κ1) is 13.9. The summed E-state index contributed by atoms with van der Waals surface area (Å²) in [7, 11) is 3.18. The van der Waals surface area contributed by atoms with E-state index in [4.69, 9.17) is 9.47 Å². The Balaban J connectivity index is 2.27. The standard InChI is InChI=1S/C17H14O3Se/c1-19-14-8-12-13(18)9-16(11-6-4-3-5-7-11)21-17(12)10-15(14)20-2/h3-10H,1-2H3. The third kappa shape index (κ3) is 2.60.